The van der Waals surface area contributed by atoms with E-state index in [4.69, 9.17) is 9.84 Å². The molecule has 0 radical (unpaired) electrons. The first-order chi connectivity index (χ1) is 10.8. The molecule has 1 aromatic heterocycles. The van der Waals surface area contributed by atoms with Crippen molar-refractivity contribution in [3.8, 4) is 5.75 Å². The van der Waals surface area contributed by atoms with E-state index < -0.39 is 0 Å². The highest BCUT2D eigenvalue weighted by molar-refractivity contribution is 5.85. The van der Waals surface area contributed by atoms with Crippen LogP contribution in [0.5, 0.6) is 5.75 Å². The molecule has 6 heteroatoms. The minimum absolute atomic E-state index is 0. The minimum atomic E-state index is 0. The van der Waals surface area contributed by atoms with Gasteiger partial charge >= 0.3 is 0 Å². The van der Waals surface area contributed by atoms with Crippen LogP contribution in [0.15, 0.2) is 18.5 Å². The van der Waals surface area contributed by atoms with E-state index in [9.17, 15) is 0 Å². The van der Waals surface area contributed by atoms with Crippen molar-refractivity contribution in [1.82, 2.24) is 10.3 Å². The normalized spacial score (nSPS) is 23.8. The van der Waals surface area contributed by atoms with E-state index in [2.05, 4.69) is 21.3 Å². The van der Waals surface area contributed by atoms with Crippen LogP contribution in [0.2, 0.25) is 0 Å². The molecule has 23 heavy (non-hydrogen) atoms. The van der Waals surface area contributed by atoms with Crippen LogP contribution in [0.1, 0.15) is 32.1 Å². The van der Waals surface area contributed by atoms with Crippen molar-refractivity contribution >= 4 is 18.1 Å². The lowest BCUT2D eigenvalue weighted by atomic mass is 10.0. The fourth-order valence-electron chi connectivity index (χ4n) is 3.44. The van der Waals surface area contributed by atoms with Gasteiger partial charge in [0.2, 0.25) is 0 Å². The molecule has 1 aromatic rings. The van der Waals surface area contributed by atoms with E-state index in [1.807, 2.05) is 6.20 Å². The Labute approximate surface area is 144 Å². The Bertz CT molecular complexity index is 469. The maximum absolute atomic E-state index is 8.95. The molecule has 3 heterocycles. The van der Waals surface area contributed by atoms with Crippen molar-refractivity contribution in [1.29, 1.82) is 0 Å². The number of pyridine rings is 1. The molecular formula is C17H28ClN3O2. The SMILES string of the molecule is Cl.OCCC[C@@H]1CCN(c2cncc(OC[C@@H]3CCCN3)c2)C1. The van der Waals surface area contributed by atoms with Crippen molar-refractivity contribution in [3.63, 3.8) is 0 Å². The molecule has 0 spiro atoms. The molecule has 2 atom stereocenters. The molecule has 0 unspecified atom stereocenters. The van der Waals surface area contributed by atoms with Crippen molar-refractivity contribution < 1.29 is 9.84 Å². The van der Waals surface area contributed by atoms with Gasteiger partial charge in [0.05, 0.1) is 18.1 Å². The van der Waals surface area contributed by atoms with Crippen molar-refractivity contribution in [3.05, 3.63) is 18.5 Å². The fraction of sp³-hybridized carbons (Fsp3) is 0.706. The Balaban J connectivity index is 0.00000192. The van der Waals surface area contributed by atoms with Crippen LogP contribution >= 0.6 is 12.4 Å². The molecule has 2 aliphatic rings. The molecule has 130 valence electrons. The van der Waals surface area contributed by atoms with Gasteiger partial charge in [-0.05, 0) is 44.6 Å². The van der Waals surface area contributed by atoms with Crippen LogP contribution in [0, 0.1) is 5.92 Å². The lowest BCUT2D eigenvalue weighted by Crippen LogP contribution is -2.28. The number of aliphatic hydroxyl groups is 1. The highest BCUT2D eigenvalue weighted by Crippen LogP contribution is 2.28. The zero-order valence-electron chi connectivity index (χ0n) is 13.6. The second-order valence-electron chi connectivity index (χ2n) is 6.45. The molecule has 2 saturated heterocycles. The second-order valence-corrected chi connectivity index (χ2v) is 6.45. The first kappa shape index (κ1) is 18.3. The Morgan fingerprint density at radius 2 is 2.26 bits per heavy atom. The lowest BCUT2D eigenvalue weighted by molar-refractivity contribution is 0.274. The van der Waals surface area contributed by atoms with Gasteiger partial charge in [-0.1, -0.05) is 0 Å². The minimum Gasteiger partial charge on any atom is -0.490 e. The van der Waals surface area contributed by atoms with Gasteiger partial charge in [-0.2, -0.15) is 0 Å². The maximum Gasteiger partial charge on any atom is 0.139 e. The third-order valence-corrected chi connectivity index (χ3v) is 4.73. The average Bonchev–Trinajstić information content (AvgIpc) is 3.23. The number of hydrogen-bond donors (Lipinski definition) is 2. The van der Waals surface area contributed by atoms with Crippen LogP contribution in [-0.2, 0) is 0 Å². The molecule has 0 bridgehead atoms. The summed E-state index contributed by atoms with van der Waals surface area (Å²) in [5.74, 6) is 1.56. The molecule has 2 N–H and O–H groups in total. The summed E-state index contributed by atoms with van der Waals surface area (Å²) >= 11 is 0. The van der Waals surface area contributed by atoms with Gasteiger partial charge in [0.25, 0.3) is 0 Å². The number of rotatable bonds is 7. The topological polar surface area (TPSA) is 57.6 Å². The fourth-order valence-corrected chi connectivity index (χ4v) is 3.44. The Morgan fingerprint density at radius 3 is 3.04 bits per heavy atom. The smallest absolute Gasteiger partial charge is 0.139 e. The van der Waals surface area contributed by atoms with Gasteiger partial charge in [-0.25, -0.2) is 0 Å². The summed E-state index contributed by atoms with van der Waals surface area (Å²) in [7, 11) is 0. The van der Waals surface area contributed by atoms with Crippen LogP contribution in [0.25, 0.3) is 0 Å². The van der Waals surface area contributed by atoms with Gasteiger partial charge in [0.15, 0.2) is 0 Å². The van der Waals surface area contributed by atoms with Gasteiger partial charge in [0.1, 0.15) is 12.4 Å². The van der Waals surface area contributed by atoms with Crippen LogP contribution < -0.4 is 15.0 Å². The summed E-state index contributed by atoms with van der Waals surface area (Å²) in [5.41, 5.74) is 1.16. The average molecular weight is 342 g/mol. The zero-order valence-corrected chi connectivity index (χ0v) is 14.4. The predicted molar refractivity (Wildman–Crippen MR) is 94.6 cm³/mol. The Hall–Kier alpha value is -1.04. The molecule has 0 saturated carbocycles. The van der Waals surface area contributed by atoms with Crippen LogP contribution in [-0.4, -0.2) is 49.0 Å². The number of ether oxygens (including phenoxy) is 1. The summed E-state index contributed by atoms with van der Waals surface area (Å²) in [5, 5.41) is 12.4. The molecule has 2 aliphatic heterocycles. The van der Waals surface area contributed by atoms with Gasteiger partial charge < -0.3 is 20.1 Å². The quantitative estimate of drug-likeness (QED) is 0.796. The van der Waals surface area contributed by atoms with Gasteiger partial charge in [-0.15, -0.1) is 12.4 Å². The summed E-state index contributed by atoms with van der Waals surface area (Å²) < 4.78 is 5.90. The third-order valence-electron chi connectivity index (χ3n) is 4.73. The number of nitrogens with one attached hydrogen (secondary N) is 1. The van der Waals surface area contributed by atoms with E-state index in [-0.39, 0.29) is 12.4 Å². The first-order valence-electron chi connectivity index (χ1n) is 8.52. The summed E-state index contributed by atoms with van der Waals surface area (Å²) in [6.07, 6.45) is 9.41. The number of aromatic nitrogens is 1. The van der Waals surface area contributed by atoms with Crippen LogP contribution in [0.4, 0.5) is 5.69 Å². The predicted octanol–water partition coefficient (Wildman–Crippen LogP) is 2.23. The number of nitrogens with zero attached hydrogens (tertiary/aromatic N) is 2. The number of anilines is 1. The highest BCUT2D eigenvalue weighted by Gasteiger charge is 2.23. The molecule has 0 aliphatic carbocycles. The third kappa shape index (κ3) is 5.23. The first-order valence-corrected chi connectivity index (χ1v) is 8.52. The van der Waals surface area contributed by atoms with E-state index in [0.29, 0.717) is 18.6 Å². The zero-order chi connectivity index (χ0) is 15.2. The molecule has 0 aromatic carbocycles. The number of halogens is 1. The Kier molecular flexibility index (Phi) is 7.40. The van der Waals surface area contributed by atoms with E-state index in [1.165, 1.54) is 19.3 Å². The summed E-state index contributed by atoms with van der Waals surface area (Å²) in [4.78, 5) is 6.72. The maximum atomic E-state index is 8.95. The van der Waals surface area contributed by atoms with E-state index >= 15 is 0 Å². The summed E-state index contributed by atoms with van der Waals surface area (Å²) in [6.45, 7) is 4.27. The van der Waals surface area contributed by atoms with Crippen molar-refractivity contribution in [2.75, 3.05) is 37.7 Å². The Morgan fingerprint density at radius 1 is 1.35 bits per heavy atom. The number of aliphatic hydroxyl groups excluding tert-OH is 1. The van der Waals surface area contributed by atoms with E-state index in [1.54, 1.807) is 6.20 Å². The monoisotopic (exact) mass is 341 g/mol. The van der Waals surface area contributed by atoms with Gasteiger partial charge in [0, 0.05) is 31.8 Å². The lowest BCUT2D eigenvalue weighted by Gasteiger charge is -2.19. The van der Waals surface area contributed by atoms with Crippen molar-refractivity contribution in [2.24, 2.45) is 5.92 Å². The molecule has 3 rings (SSSR count). The van der Waals surface area contributed by atoms with Crippen LogP contribution in [0.3, 0.4) is 0 Å². The molecule has 0 amide bonds. The standard InChI is InChI=1S/C17H27N3O2.ClH/c21-8-2-3-14-5-7-20(12-14)16-9-17(11-18-10-16)22-13-15-4-1-6-19-15;/h9-11,14-15,19,21H,1-8,12-13H2;1H/t14-,15+;/m1./s1. The van der Waals surface area contributed by atoms with Crippen molar-refractivity contribution in [2.45, 2.75) is 38.1 Å². The molecular weight excluding hydrogens is 314 g/mol. The van der Waals surface area contributed by atoms with E-state index in [0.717, 1.165) is 50.5 Å². The molecule has 2 fully saturated rings. The number of hydrogen-bond acceptors (Lipinski definition) is 5. The van der Waals surface area contributed by atoms with Gasteiger partial charge in [-0.3, -0.25) is 4.98 Å². The summed E-state index contributed by atoms with van der Waals surface area (Å²) in [6, 6.07) is 2.59. The largest absolute Gasteiger partial charge is 0.490 e. The second kappa shape index (κ2) is 9.30. The highest BCUT2D eigenvalue weighted by atomic mass is 35.5. The molecule has 5 nitrogen and oxygen atoms in total.